The molecule has 2 nitrogen and oxygen atoms in total. The number of rotatable bonds is 6. The van der Waals surface area contributed by atoms with Crippen LogP contribution >= 0.6 is 11.6 Å². The molecule has 0 aromatic heterocycles. The van der Waals surface area contributed by atoms with Gasteiger partial charge < -0.3 is 5.32 Å². The first kappa shape index (κ1) is 15.7. The Morgan fingerprint density at radius 1 is 1.35 bits per heavy atom. The van der Waals surface area contributed by atoms with Crippen molar-refractivity contribution in [3.8, 4) is 0 Å². The second-order valence-electron chi connectivity index (χ2n) is 5.66. The molecule has 0 spiro atoms. The van der Waals surface area contributed by atoms with Crippen LogP contribution in [-0.2, 0) is 6.54 Å². The second-order valence-corrected chi connectivity index (χ2v) is 6.07. The van der Waals surface area contributed by atoms with Crippen molar-refractivity contribution >= 4 is 11.6 Å². The van der Waals surface area contributed by atoms with Gasteiger partial charge in [0.05, 0.1) is 0 Å². The van der Waals surface area contributed by atoms with E-state index in [9.17, 15) is 4.39 Å². The van der Waals surface area contributed by atoms with Crippen LogP contribution in [0.5, 0.6) is 0 Å². The van der Waals surface area contributed by atoms with E-state index in [1.807, 2.05) is 0 Å². The van der Waals surface area contributed by atoms with Gasteiger partial charge in [-0.1, -0.05) is 24.6 Å². The van der Waals surface area contributed by atoms with Crippen LogP contribution in [0.4, 0.5) is 4.39 Å². The normalized spacial score (nSPS) is 17.6. The van der Waals surface area contributed by atoms with Crippen molar-refractivity contribution in [2.45, 2.75) is 32.7 Å². The van der Waals surface area contributed by atoms with Crippen LogP contribution in [0.1, 0.15) is 31.7 Å². The number of nitrogens with one attached hydrogen (secondary N) is 1. The van der Waals surface area contributed by atoms with Crippen LogP contribution in [0.25, 0.3) is 0 Å². The molecule has 1 aromatic rings. The van der Waals surface area contributed by atoms with Crippen molar-refractivity contribution in [1.82, 2.24) is 10.2 Å². The van der Waals surface area contributed by atoms with E-state index in [1.54, 1.807) is 6.07 Å². The second kappa shape index (κ2) is 7.96. The lowest BCUT2D eigenvalue weighted by Crippen LogP contribution is -2.37. The van der Waals surface area contributed by atoms with Gasteiger partial charge >= 0.3 is 0 Å². The zero-order chi connectivity index (χ0) is 14.4. The zero-order valence-electron chi connectivity index (χ0n) is 12.2. The molecular weight excluding hydrogens is 275 g/mol. The largest absolute Gasteiger partial charge is 0.316 e. The maximum absolute atomic E-state index is 13.0. The molecule has 20 heavy (non-hydrogen) atoms. The SMILES string of the molecule is CCCNCC1CCN(Cc2ccc(F)cc2Cl)CC1. The van der Waals surface area contributed by atoms with Crippen molar-refractivity contribution < 1.29 is 4.39 Å². The fraction of sp³-hybridized carbons (Fsp3) is 0.625. The Morgan fingerprint density at radius 3 is 2.75 bits per heavy atom. The van der Waals surface area contributed by atoms with Gasteiger partial charge in [0, 0.05) is 11.6 Å². The molecule has 0 aliphatic carbocycles. The van der Waals surface area contributed by atoms with E-state index in [-0.39, 0.29) is 5.82 Å². The highest BCUT2D eigenvalue weighted by atomic mass is 35.5. The van der Waals surface area contributed by atoms with Gasteiger partial charge in [0.15, 0.2) is 0 Å². The molecule has 0 radical (unpaired) electrons. The lowest BCUT2D eigenvalue weighted by Gasteiger charge is -2.32. The number of benzene rings is 1. The van der Waals surface area contributed by atoms with E-state index in [4.69, 9.17) is 11.6 Å². The Labute approximate surface area is 126 Å². The molecule has 1 saturated heterocycles. The fourth-order valence-corrected chi connectivity index (χ4v) is 2.95. The smallest absolute Gasteiger partial charge is 0.124 e. The third-order valence-corrected chi connectivity index (χ3v) is 4.33. The Hall–Kier alpha value is -0.640. The van der Waals surface area contributed by atoms with Crippen molar-refractivity contribution in [3.05, 3.63) is 34.6 Å². The molecule has 4 heteroatoms. The standard InChI is InChI=1S/C16H24ClFN2/c1-2-7-19-11-13-5-8-20(9-6-13)12-14-3-4-15(18)10-16(14)17/h3-4,10,13,19H,2,5-9,11-12H2,1H3. The summed E-state index contributed by atoms with van der Waals surface area (Å²) in [4.78, 5) is 2.41. The van der Waals surface area contributed by atoms with Gasteiger partial charge in [-0.3, -0.25) is 4.90 Å². The van der Waals surface area contributed by atoms with Crippen molar-refractivity contribution in [1.29, 1.82) is 0 Å². The van der Waals surface area contributed by atoms with Gasteiger partial charge in [0.1, 0.15) is 5.82 Å². The molecule has 1 heterocycles. The number of piperidine rings is 1. The third-order valence-electron chi connectivity index (χ3n) is 3.98. The molecule has 0 unspecified atom stereocenters. The van der Waals surface area contributed by atoms with E-state index >= 15 is 0 Å². The summed E-state index contributed by atoms with van der Waals surface area (Å²) in [5.41, 5.74) is 1.02. The highest BCUT2D eigenvalue weighted by molar-refractivity contribution is 6.31. The molecule has 2 rings (SSSR count). The average molecular weight is 299 g/mol. The topological polar surface area (TPSA) is 15.3 Å². The maximum atomic E-state index is 13.0. The monoisotopic (exact) mass is 298 g/mol. The molecule has 0 saturated carbocycles. The lowest BCUT2D eigenvalue weighted by molar-refractivity contribution is 0.175. The van der Waals surface area contributed by atoms with Crippen molar-refractivity contribution in [3.63, 3.8) is 0 Å². The Bertz CT molecular complexity index is 417. The predicted octanol–water partition coefficient (Wildman–Crippen LogP) is 3.69. The number of nitrogens with zero attached hydrogens (tertiary/aromatic N) is 1. The van der Waals surface area contributed by atoms with Crippen LogP contribution in [0.3, 0.4) is 0 Å². The minimum Gasteiger partial charge on any atom is -0.316 e. The molecule has 0 bridgehead atoms. The summed E-state index contributed by atoms with van der Waals surface area (Å²) in [6.07, 6.45) is 3.66. The van der Waals surface area contributed by atoms with Gasteiger partial charge in [0.25, 0.3) is 0 Å². The van der Waals surface area contributed by atoms with Crippen molar-refractivity contribution in [2.75, 3.05) is 26.2 Å². The molecular formula is C16H24ClFN2. The van der Waals surface area contributed by atoms with E-state index in [0.717, 1.165) is 44.2 Å². The number of hydrogen-bond donors (Lipinski definition) is 1. The van der Waals surface area contributed by atoms with E-state index in [1.165, 1.54) is 31.4 Å². The van der Waals surface area contributed by atoms with Crippen LogP contribution < -0.4 is 5.32 Å². The first-order valence-electron chi connectivity index (χ1n) is 7.56. The van der Waals surface area contributed by atoms with E-state index in [0.29, 0.717) is 5.02 Å². The van der Waals surface area contributed by atoms with Gasteiger partial charge in [-0.15, -0.1) is 0 Å². The zero-order valence-corrected chi connectivity index (χ0v) is 12.9. The summed E-state index contributed by atoms with van der Waals surface area (Å²) in [6.45, 7) is 7.49. The minimum atomic E-state index is -0.264. The number of halogens is 2. The molecule has 0 atom stereocenters. The highest BCUT2D eigenvalue weighted by Crippen LogP contribution is 2.22. The van der Waals surface area contributed by atoms with Gasteiger partial charge in [-0.25, -0.2) is 4.39 Å². The average Bonchev–Trinajstić information content (AvgIpc) is 2.44. The molecule has 1 fully saturated rings. The molecule has 0 amide bonds. The summed E-state index contributed by atoms with van der Waals surface area (Å²) < 4.78 is 13.0. The summed E-state index contributed by atoms with van der Waals surface area (Å²) in [5, 5.41) is 4.04. The summed E-state index contributed by atoms with van der Waals surface area (Å²) in [5.74, 6) is 0.529. The van der Waals surface area contributed by atoms with E-state index in [2.05, 4.69) is 17.1 Å². The van der Waals surface area contributed by atoms with Crippen LogP contribution in [0.15, 0.2) is 18.2 Å². The fourth-order valence-electron chi connectivity index (χ4n) is 2.72. The van der Waals surface area contributed by atoms with E-state index < -0.39 is 0 Å². The third kappa shape index (κ3) is 4.72. The molecule has 1 aromatic carbocycles. The Morgan fingerprint density at radius 2 is 2.10 bits per heavy atom. The molecule has 1 aliphatic rings. The Balaban J connectivity index is 1.76. The Kier molecular flexibility index (Phi) is 6.27. The summed E-state index contributed by atoms with van der Waals surface area (Å²) >= 11 is 6.09. The number of likely N-dealkylation sites (tertiary alicyclic amines) is 1. The van der Waals surface area contributed by atoms with Gasteiger partial charge in [0.2, 0.25) is 0 Å². The quantitative estimate of drug-likeness (QED) is 0.806. The van der Waals surface area contributed by atoms with Crippen LogP contribution in [0, 0.1) is 11.7 Å². The first-order valence-corrected chi connectivity index (χ1v) is 7.94. The molecule has 112 valence electrons. The predicted molar refractivity (Wildman–Crippen MR) is 82.6 cm³/mol. The summed E-state index contributed by atoms with van der Waals surface area (Å²) in [7, 11) is 0. The van der Waals surface area contributed by atoms with Gasteiger partial charge in [-0.05, 0) is 69.1 Å². The van der Waals surface area contributed by atoms with Gasteiger partial charge in [-0.2, -0.15) is 0 Å². The summed E-state index contributed by atoms with van der Waals surface area (Å²) in [6, 6.07) is 4.69. The molecule has 1 aliphatic heterocycles. The van der Waals surface area contributed by atoms with Crippen molar-refractivity contribution in [2.24, 2.45) is 5.92 Å². The lowest BCUT2D eigenvalue weighted by atomic mass is 9.96. The van der Waals surface area contributed by atoms with Crippen LogP contribution in [0.2, 0.25) is 5.02 Å². The highest BCUT2D eigenvalue weighted by Gasteiger charge is 2.19. The van der Waals surface area contributed by atoms with Crippen LogP contribution in [-0.4, -0.2) is 31.1 Å². The minimum absolute atomic E-state index is 0.264. The molecule has 1 N–H and O–H groups in total. The number of hydrogen-bond acceptors (Lipinski definition) is 2. The maximum Gasteiger partial charge on any atom is 0.124 e. The first-order chi connectivity index (χ1) is 9.69.